The van der Waals surface area contributed by atoms with Gasteiger partial charge in [-0.05, 0) is 49.1 Å². The van der Waals surface area contributed by atoms with Gasteiger partial charge in [-0.1, -0.05) is 32.3 Å². The van der Waals surface area contributed by atoms with E-state index in [9.17, 15) is 9.18 Å². The van der Waals surface area contributed by atoms with Gasteiger partial charge in [0.15, 0.2) is 6.54 Å². The molecule has 2 unspecified atom stereocenters. The van der Waals surface area contributed by atoms with Crippen LogP contribution < -0.4 is 9.64 Å². The number of aryl methyl sites for hydroxylation is 1. The van der Waals surface area contributed by atoms with E-state index in [-0.39, 0.29) is 17.6 Å². The molecule has 7 nitrogen and oxygen atoms in total. The number of halogens is 1. The van der Waals surface area contributed by atoms with Crippen molar-refractivity contribution in [2.45, 2.75) is 46.0 Å². The van der Waals surface area contributed by atoms with E-state index < -0.39 is 0 Å². The van der Waals surface area contributed by atoms with E-state index in [4.69, 9.17) is 4.74 Å². The van der Waals surface area contributed by atoms with Crippen LogP contribution >= 0.6 is 0 Å². The Balaban J connectivity index is 1.36. The second-order valence-corrected chi connectivity index (χ2v) is 11.5. The van der Waals surface area contributed by atoms with E-state index in [1.165, 1.54) is 44.1 Å². The molecule has 1 saturated carbocycles. The lowest BCUT2D eigenvalue weighted by Crippen LogP contribution is -2.55. The largest absolute Gasteiger partial charge is 0.481 e. The Hall–Kier alpha value is -3.26. The molecule has 208 valence electrons. The van der Waals surface area contributed by atoms with Gasteiger partial charge in [-0.2, -0.15) is 0 Å². The molecule has 39 heavy (non-hydrogen) atoms. The maximum absolute atomic E-state index is 14.1. The zero-order valence-corrected chi connectivity index (χ0v) is 23.7. The topological polar surface area (TPSA) is 58.6 Å². The Morgan fingerprint density at radius 2 is 1.85 bits per heavy atom. The molecular formula is C31H41FN5O2+. The maximum atomic E-state index is 14.1. The standard InChI is InChI=1S/C31H41FN5O2/c1-22-17-28(24-8-6-5-7-9-24)37(3,19-26(22)25-10-11-27(32)23(2)16-25)20-31(38)36-14-12-35(13-15-36)29-18-30(39-4)34-21-33-29/h10-11,16-19,21-22,24H,5-9,12-15,20H2,1-4H3/q+1. The van der Waals surface area contributed by atoms with Crippen molar-refractivity contribution in [2.75, 3.05) is 51.8 Å². The molecule has 1 aliphatic carbocycles. The average molecular weight is 535 g/mol. The van der Waals surface area contributed by atoms with E-state index >= 15 is 0 Å². The first-order valence-corrected chi connectivity index (χ1v) is 14.2. The molecule has 5 rings (SSSR count). The number of amides is 1. The number of piperazine rings is 1. The number of methoxy groups -OCH3 is 1. The van der Waals surface area contributed by atoms with Gasteiger partial charge in [0.25, 0.3) is 5.91 Å². The van der Waals surface area contributed by atoms with Crippen molar-refractivity contribution in [3.63, 3.8) is 0 Å². The molecule has 0 radical (unpaired) electrons. The maximum Gasteiger partial charge on any atom is 0.278 e. The van der Waals surface area contributed by atoms with Crippen molar-refractivity contribution >= 4 is 17.3 Å². The number of likely N-dealkylation sites (N-methyl/N-ethyl adjacent to an activating group) is 1. The molecular weight excluding hydrogens is 493 g/mol. The van der Waals surface area contributed by atoms with E-state index in [2.05, 4.69) is 41.1 Å². The molecule has 2 aliphatic heterocycles. The fourth-order valence-corrected chi connectivity index (χ4v) is 6.45. The Morgan fingerprint density at radius 1 is 1.10 bits per heavy atom. The molecule has 2 atom stereocenters. The summed E-state index contributed by atoms with van der Waals surface area (Å²) < 4.78 is 19.8. The average Bonchev–Trinajstić information content (AvgIpc) is 2.96. The van der Waals surface area contributed by atoms with Crippen LogP contribution in [0.1, 0.15) is 50.2 Å². The van der Waals surface area contributed by atoms with Crippen LogP contribution in [0.2, 0.25) is 0 Å². The second kappa shape index (κ2) is 11.5. The van der Waals surface area contributed by atoms with E-state index in [1.54, 1.807) is 13.2 Å². The van der Waals surface area contributed by atoms with E-state index in [0.717, 1.165) is 17.0 Å². The van der Waals surface area contributed by atoms with Crippen molar-refractivity contribution in [1.82, 2.24) is 14.9 Å². The van der Waals surface area contributed by atoms with Crippen molar-refractivity contribution < 1.29 is 18.4 Å². The number of rotatable bonds is 6. The van der Waals surface area contributed by atoms with Crippen molar-refractivity contribution in [3.8, 4) is 5.88 Å². The molecule has 0 spiro atoms. The van der Waals surface area contributed by atoms with Crippen LogP contribution in [-0.2, 0) is 4.79 Å². The summed E-state index contributed by atoms with van der Waals surface area (Å²) in [4.78, 5) is 26.5. The summed E-state index contributed by atoms with van der Waals surface area (Å²) >= 11 is 0. The van der Waals surface area contributed by atoms with Crippen LogP contribution in [0.25, 0.3) is 5.57 Å². The lowest BCUT2D eigenvalue weighted by atomic mass is 9.81. The normalized spacial score (nSPS) is 24.3. The number of quaternary nitrogens is 1. The number of benzene rings is 1. The van der Waals surface area contributed by atoms with Crippen LogP contribution in [0.5, 0.6) is 5.88 Å². The van der Waals surface area contributed by atoms with Gasteiger partial charge in [-0.15, -0.1) is 0 Å². The number of aromatic nitrogens is 2. The summed E-state index contributed by atoms with van der Waals surface area (Å²) in [6.45, 7) is 7.16. The van der Waals surface area contributed by atoms with E-state index in [1.807, 2.05) is 30.0 Å². The molecule has 2 aromatic rings. The van der Waals surface area contributed by atoms with Crippen molar-refractivity contribution in [3.05, 3.63) is 65.5 Å². The minimum absolute atomic E-state index is 0.166. The SMILES string of the molecule is COc1cc(N2CCN(C(=O)C[N+]3(C)C=C(c4ccc(F)c(C)c4)C(C)C=C3C3CCCCC3)CC2)ncn1. The highest BCUT2D eigenvalue weighted by Crippen LogP contribution is 2.42. The number of hydrogen-bond donors (Lipinski definition) is 0. The first-order valence-electron chi connectivity index (χ1n) is 14.2. The fraction of sp³-hybridized carbons (Fsp3) is 0.516. The Bertz CT molecular complexity index is 1260. The number of allylic oxidation sites excluding steroid dienone is 3. The zero-order valence-electron chi connectivity index (χ0n) is 23.7. The van der Waals surface area contributed by atoms with Crippen LogP contribution in [0.3, 0.4) is 0 Å². The fourth-order valence-electron chi connectivity index (χ4n) is 6.45. The number of carbonyl (C=O) groups excluding carboxylic acids is 1. The molecule has 1 amide bonds. The summed E-state index contributed by atoms with van der Waals surface area (Å²) in [5, 5.41) is 0. The molecule has 8 heteroatoms. The van der Waals surface area contributed by atoms with Gasteiger partial charge in [0.05, 0.1) is 14.2 Å². The summed E-state index contributed by atoms with van der Waals surface area (Å²) in [6.07, 6.45) is 12.3. The molecule has 3 heterocycles. The van der Waals surface area contributed by atoms with Crippen molar-refractivity contribution in [2.24, 2.45) is 11.8 Å². The Kier molecular flexibility index (Phi) is 8.03. The zero-order chi connectivity index (χ0) is 27.6. The highest BCUT2D eigenvalue weighted by molar-refractivity contribution is 5.78. The second-order valence-electron chi connectivity index (χ2n) is 11.5. The molecule has 1 aromatic carbocycles. The van der Waals surface area contributed by atoms with Gasteiger partial charge in [0.1, 0.15) is 29.9 Å². The van der Waals surface area contributed by atoms with Crippen molar-refractivity contribution in [1.29, 1.82) is 0 Å². The van der Waals surface area contributed by atoms with Crippen LogP contribution in [0, 0.1) is 24.6 Å². The molecule has 0 bridgehead atoms. The lowest BCUT2D eigenvalue weighted by molar-refractivity contribution is -0.817. The Morgan fingerprint density at radius 3 is 2.54 bits per heavy atom. The minimum atomic E-state index is -0.187. The quantitative estimate of drug-likeness (QED) is 0.478. The summed E-state index contributed by atoms with van der Waals surface area (Å²) in [5.41, 5.74) is 4.21. The van der Waals surface area contributed by atoms with E-state index in [0.29, 0.717) is 54.6 Å². The number of ether oxygens (including phenoxy) is 1. The predicted molar refractivity (Wildman–Crippen MR) is 151 cm³/mol. The third kappa shape index (κ3) is 5.86. The summed E-state index contributed by atoms with van der Waals surface area (Å²) in [6, 6.07) is 7.20. The number of hydrogen-bond acceptors (Lipinski definition) is 5. The first kappa shape index (κ1) is 27.3. The smallest absolute Gasteiger partial charge is 0.278 e. The molecule has 1 aromatic heterocycles. The van der Waals surface area contributed by atoms with Crippen LogP contribution in [0.15, 0.2) is 48.6 Å². The third-order valence-electron chi connectivity index (χ3n) is 8.70. The third-order valence-corrected chi connectivity index (χ3v) is 8.70. The molecule has 3 aliphatic rings. The molecule has 1 saturated heterocycles. The highest BCUT2D eigenvalue weighted by Gasteiger charge is 2.40. The van der Waals surface area contributed by atoms with Gasteiger partial charge < -0.3 is 14.5 Å². The number of nitrogens with zero attached hydrogens (tertiary/aromatic N) is 5. The minimum Gasteiger partial charge on any atom is -0.481 e. The number of carbonyl (C=O) groups is 1. The monoisotopic (exact) mass is 534 g/mol. The van der Waals surface area contributed by atoms with Crippen LogP contribution in [-0.4, -0.2) is 72.1 Å². The molecule has 2 fully saturated rings. The predicted octanol–water partition coefficient (Wildman–Crippen LogP) is 5.18. The highest BCUT2D eigenvalue weighted by atomic mass is 19.1. The van der Waals surface area contributed by atoms with Gasteiger partial charge in [0.2, 0.25) is 5.88 Å². The first-order chi connectivity index (χ1) is 18.8. The van der Waals surface area contributed by atoms with Gasteiger partial charge >= 0.3 is 0 Å². The van der Waals surface area contributed by atoms with Crippen LogP contribution in [0.4, 0.5) is 10.2 Å². The lowest BCUT2D eigenvalue weighted by Gasteiger charge is -2.42. The summed E-state index contributed by atoms with van der Waals surface area (Å²) in [5.74, 6) is 2.05. The molecule has 0 N–H and O–H groups in total. The van der Waals surface area contributed by atoms with Gasteiger partial charge in [0, 0.05) is 49.7 Å². The summed E-state index contributed by atoms with van der Waals surface area (Å²) in [7, 11) is 3.78. The van der Waals surface area contributed by atoms with Gasteiger partial charge in [-0.3, -0.25) is 9.28 Å². The Labute approximate surface area is 231 Å². The van der Waals surface area contributed by atoms with Gasteiger partial charge in [-0.25, -0.2) is 14.4 Å². The number of anilines is 1.